The Morgan fingerprint density at radius 2 is 1.58 bits per heavy atom. The van der Waals surface area contributed by atoms with Gasteiger partial charge >= 0.3 is 5.97 Å². The molecule has 0 fully saturated rings. The summed E-state index contributed by atoms with van der Waals surface area (Å²) in [5.41, 5.74) is 7.41. The quantitative estimate of drug-likeness (QED) is 0.0925. The highest BCUT2D eigenvalue weighted by Crippen LogP contribution is 2.25. The van der Waals surface area contributed by atoms with Crippen LogP contribution >= 0.6 is 0 Å². The SMILES string of the molecule is CCOC(=O)CCCCN(CCc1ccccc1OCc1ccc(-c2nc3ccccc3o2)cc1)Cc1ccc(C)cc1. The van der Waals surface area contributed by atoms with Crippen molar-refractivity contribution in [1.82, 2.24) is 9.88 Å². The van der Waals surface area contributed by atoms with E-state index in [1.54, 1.807) is 0 Å². The van der Waals surface area contributed by atoms with Crippen LogP contribution < -0.4 is 4.74 Å². The summed E-state index contributed by atoms with van der Waals surface area (Å²) >= 11 is 0. The van der Waals surface area contributed by atoms with E-state index in [2.05, 4.69) is 65.3 Å². The number of oxazole rings is 1. The van der Waals surface area contributed by atoms with Crippen molar-refractivity contribution in [2.75, 3.05) is 19.7 Å². The molecule has 0 saturated carbocycles. The van der Waals surface area contributed by atoms with Gasteiger partial charge in [0, 0.05) is 25.1 Å². The van der Waals surface area contributed by atoms with Crippen molar-refractivity contribution in [3.05, 3.63) is 119 Å². The molecule has 0 unspecified atom stereocenters. The van der Waals surface area contributed by atoms with Crippen LogP contribution in [0.2, 0.25) is 0 Å². The molecule has 0 spiro atoms. The van der Waals surface area contributed by atoms with Gasteiger partial charge in [-0.15, -0.1) is 0 Å². The first kappa shape index (κ1) is 30.1. The molecule has 0 saturated heterocycles. The van der Waals surface area contributed by atoms with E-state index in [4.69, 9.17) is 13.9 Å². The van der Waals surface area contributed by atoms with Gasteiger partial charge in [-0.05, 0) is 86.7 Å². The molecule has 5 aromatic rings. The van der Waals surface area contributed by atoms with E-state index in [9.17, 15) is 4.79 Å². The molecular weight excluding hydrogens is 536 g/mol. The molecule has 0 atom stereocenters. The Morgan fingerprint density at radius 1 is 0.837 bits per heavy atom. The number of hydrogen-bond donors (Lipinski definition) is 0. The Hall–Kier alpha value is -4.42. The highest BCUT2D eigenvalue weighted by molar-refractivity contribution is 5.76. The van der Waals surface area contributed by atoms with Crippen molar-refractivity contribution < 1.29 is 18.7 Å². The largest absolute Gasteiger partial charge is 0.489 e. The maximum Gasteiger partial charge on any atom is 0.305 e. The average molecular weight is 577 g/mol. The number of unbranched alkanes of at least 4 members (excludes halogenated alkanes) is 1. The number of aromatic nitrogens is 1. The molecule has 6 nitrogen and oxygen atoms in total. The summed E-state index contributed by atoms with van der Waals surface area (Å²) < 4.78 is 17.3. The standard InChI is InChI=1S/C37H40N2O4/c1-3-41-36(40)14-8-9-24-39(26-29-17-15-28(2)16-18-29)25-23-31-10-4-6-12-34(31)42-27-30-19-21-32(22-20-30)37-38-33-11-5-7-13-35(33)43-37/h4-7,10-13,15-22H,3,8-9,14,23-27H2,1-2H3. The number of esters is 1. The fourth-order valence-electron chi connectivity index (χ4n) is 5.09. The van der Waals surface area contributed by atoms with Gasteiger partial charge in [-0.3, -0.25) is 9.69 Å². The van der Waals surface area contributed by atoms with Crippen LogP contribution in [0.1, 0.15) is 48.4 Å². The number of carbonyl (C=O) groups excluding carboxylic acids is 1. The molecule has 0 radical (unpaired) electrons. The number of para-hydroxylation sites is 3. The molecule has 0 aliphatic carbocycles. The summed E-state index contributed by atoms with van der Waals surface area (Å²) in [7, 11) is 0. The van der Waals surface area contributed by atoms with Gasteiger partial charge in [0.1, 0.15) is 17.9 Å². The van der Waals surface area contributed by atoms with Gasteiger partial charge in [-0.1, -0.05) is 72.3 Å². The first-order chi connectivity index (χ1) is 21.1. The van der Waals surface area contributed by atoms with Crippen LogP contribution in [0.3, 0.4) is 0 Å². The molecule has 5 rings (SSSR count). The van der Waals surface area contributed by atoms with Crippen LogP contribution in [-0.2, 0) is 29.1 Å². The van der Waals surface area contributed by atoms with Gasteiger partial charge in [0.25, 0.3) is 0 Å². The molecule has 222 valence electrons. The van der Waals surface area contributed by atoms with Gasteiger partial charge in [0.15, 0.2) is 5.58 Å². The lowest BCUT2D eigenvalue weighted by Gasteiger charge is -2.23. The molecule has 6 heteroatoms. The summed E-state index contributed by atoms with van der Waals surface area (Å²) in [6.07, 6.45) is 3.12. The highest BCUT2D eigenvalue weighted by Gasteiger charge is 2.12. The third-order valence-electron chi connectivity index (χ3n) is 7.50. The molecule has 0 amide bonds. The number of nitrogens with zero attached hydrogens (tertiary/aromatic N) is 2. The van der Waals surface area contributed by atoms with Crippen molar-refractivity contribution in [2.24, 2.45) is 0 Å². The van der Waals surface area contributed by atoms with E-state index in [-0.39, 0.29) is 5.97 Å². The summed E-state index contributed by atoms with van der Waals surface area (Å²) in [6.45, 7) is 7.56. The molecule has 0 aliphatic heterocycles. The third kappa shape index (κ3) is 8.79. The van der Waals surface area contributed by atoms with E-state index in [0.717, 1.165) is 66.9 Å². The van der Waals surface area contributed by atoms with E-state index < -0.39 is 0 Å². The molecule has 0 aliphatic rings. The Labute approximate surface area is 254 Å². The topological polar surface area (TPSA) is 64.8 Å². The maximum atomic E-state index is 11.8. The number of aryl methyl sites for hydroxylation is 1. The minimum atomic E-state index is -0.112. The lowest BCUT2D eigenvalue weighted by molar-refractivity contribution is -0.143. The first-order valence-corrected chi connectivity index (χ1v) is 15.2. The number of fused-ring (bicyclic) bond motifs is 1. The van der Waals surface area contributed by atoms with E-state index in [0.29, 0.717) is 25.5 Å². The van der Waals surface area contributed by atoms with Crippen molar-refractivity contribution in [3.63, 3.8) is 0 Å². The van der Waals surface area contributed by atoms with Crippen molar-refractivity contribution in [1.29, 1.82) is 0 Å². The number of ether oxygens (including phenoxy) is 2. The zero-order valence-corrected chi connectivity index (χ0v) is 25.1. The second-order valence-electron chi connectivity index (χ2n) is 10.9. The van der Waals surface area contributed by atoms with Crippen LogP contribution in [0, 0.1) is 6.92 Å². The van der Waals surface area contributed by atoms with Crippen molar-refractivity contribution in [2.45, 2.75) is 52.7 Å². The van der Waals surface area contributed by atoms with Gasteiger partial charge in [-0.2, -0.15) is 0 Å². The zero-order valence-electron chi connectivity index (χ0n) is 25.1. The zero-order chi connectivity index (χ0) is 29.9. The van der Waals surface area contributed by atoms with Crippen LogP contribution in [0.4, 0.5) is 0 Å². The number of hydrogen-bond acceptors (Lipinski definition) is 6. The van der Waals surface area contributed by atoms with E-state index in [1.165, 1.54) is 16.7 Å². The first-order valence-electron chi connectivity index (χ1n) is 15.2. The van der Waals surface area contributed by atoms with Crippen LogP contribution in [0.5, 0.6) is 5.75 Å². The molecule has 0 bridgehead atoms. The Morgan fingerprint density at radius 3 is 2.37 bits per heavy atom. The van der Waals surface area contributed by atoms with Gasteiger partial charge in [0.05, 0.1) is 6.61 Å². The van der Waals surface area contributed by atoms with Gasteiger partial charge in [-0.25, -0.2) is 4.98 Å². The maximum absolute atomic E-state index is 11.8. The van der Waals surface area contributed by atoms with E-state index in [1.807, 2.05) is 55.5 Å². The second kappa shape index (κ2) is 15.2. The lowest BCUT2D eigenvalue weighted by atomic mass is 10.1. The molecule has 0 N–H and O–H groups in total. The lowest BCUT2D eigenvalue weighted by Crippen LogP contribution is -2.27. The third-order valence-corrected chi connectivity index (χ3v) is 7.50. The summed E-state index contributed by atoms with van der Waals surface area (Å²) in [5.74, 6) is 1.41. The molecule has 4 aromatic carbocycles. The summed E-state index contributed by atoms with van der Waals surface area (Å²) in [4.78, 5) is 18.8. The fourth-order valence-corrected chi connectivity index (χ4v) is 5.09. The number of carbonyl (C=O) groups is 1. The average Bonchev–Trinajstić information content (AvgIpc) is 3.47. The predicted molar refractivity (Wildman–Crippen MR) is 171 cm³/mol. The Bertz CT molecular complexity index is 1560. The fraction of sp³-hybridized carbons (Fsp3) is 0.297. The van der Waals surface area contributed by atoms with Gasteiger partial charge < -0.3 is 13.9 Å². The number of rotatable bonds is 15. The molecule has 1 aromatic heterocycles. The number of benzene rings is 4. The van der Waals surface area contributed by atoms with E-state index >= 15 is 0 Å². The minimum Gasteiger partial charge on any atom is -0.489 e. The van der Waals surface area contributed by atoms with Crippen molar-refractivity contribution >= 4 is 17.1 Å². The smallest absolute Gasteiger partial charge is 0.305 e. The monoisotopic (exact) mass is 576 g/mol. The normalized spacial score (nSPS) is 11.2. The van der Waals surface area contributed by atoms with Crippen molar-refractivity contribution in [3.8, 4) is 17.2 Å². The highest BCUT2D eigenvalue weighted by atomic mass is 16.5. The predicted octanol–water partition coefficient (Wildman–Crippen LogP) is 8.16. The van der Waals surface area contributed by atoms with Crippen LogP contribution in [0.15, 0.2) is 101 Å². The molecular formula is C37H40N2O4. The molecule has 43 heavy (non-hydrogen) atoms. The minimum absolute atomic E-state index is 0.112. The Kier molecular flexibility index (Phi) is 10.6. The van der Waals surface area contributed by atoms with Gasteiger partial charge in [0.2, 0.25) is 5.89 Å². The summed E-state index contributed by atoms with van der Waals surface area (Å²) in [5, 5.41) is 0. The van der Waals surface area contributed by atoms with Crippen LogP contribution in [-0.4, -0.2) is 35.5 Å². The Balaban J connectivity index is 1.18. The second-order valence-corrected chi connectivity index (χ2v) is 10.9. The van der Waals surface area contributed by atoms with Crippen LogP contribution in [0.25, 0.3) is 22.6 Å². The molecule has 1 heterocycles. The summed E-state index contributed by atoms with van der Waals surface area (Å²) in [6, 6.07) is 33.0.